The molecule has 8 nitrogen and oxygen atoms in total. The second-order valence-electron chi connectivity index (χ2n) is 6.67. The molecule has 1 aliphatic rings. The largest absolute Gasteiger partial charge is 0.495 e. The molecule has 0 aliphatic carbocycles. The van der Waals surface area contributed by atoms with E-state index in [1.807, 2.05) is 31.2 Å². The molecule has 0 bridgehead atoms. The first kappa shape index (κ1) is 20.6. The third-order valence-corrected chi connectivity index (χ3v) is 4.75. The molecular weight excluding hydrogens is 370 g/mol. The van der Waals surface area contributed by atoms with E-state index in [1.165, 1.54) is 0 Å². The summed E-state index contributed by atoms with van der Waals surface area (Å²) in [4.78, 5) is 21.1. The molecule has 0 unspecified atom stereocenters. The number of para-hydroxylation sites is 2. The fourth-order valence-corrected chi connectivity index (χ4v) is 3.28. The Bertz CT molecular complexity index is 798. The van der Waals surface area contributed by atoms with Crippen LogP contribution in [0, 0.1) is 0 Å². The maximum atomic E-state index is 12.1. The van der Waals surface area contributed by atoms with Crippen LogP contribution < -0.4 is 20.3 Å². The fourth-order valence-electron chi connectivity index (χ4n) is 3.28. The number of anilines is 1. The number of ether oxygens (including phenoxy) is 1. The normalized spacial score (nSPS) is 14.6. The van der Waals surface area contributed by atoms with E-state index in [9.17, 15) is 4.79 Å². The number of carbonyl (C=O) groups excluding carboxylic acids is 1. The van der Waals surface area contributed by atoms with Gasteiger partial charge in [-0.15, -0.1) is 0 Å². The summed E-state index contributed by atoms with van der Waals surface area (Å²) < 4.78 is 10.7. The number of aliphatic imine (C=N–C) groups is 1. The Labute approximate surface area is 171 Å². The fraction of sp³-hybridized carbons (Fsp3) is 0.429. The number of nitrogens with one attached hydrogen (secondary N) is 2. The Morgan fingerprint density at radius 1 is 1.14 bits per heavy atom. The minimum Gasteiger partial charge on any atom is -0.495 e. The zero-order valence-electron chi connectivity index (χ0n) is 17.1. The molecule has 1 saturated heterocycles. The van der Waals surface area contributed by atoms with Crippen molar-refractivity contribution in [3.05, 3.63) is 48.4 Å². The van der Waals surface area contributed by atoms with Crippen LogP contribution in [0.15, 0.2) is 52.1 Å². The van der Waals surface area contributed by atoms with E-state index >= 15 is 0 Å². The number of methoxy groups -OCH3 is 1. The van der Waals surface area contributed by atoms with Crippen molar-refractivity contribution in [1.82, 2.24) is 15.5 Å². The summed E-state index contributed by atoms with van der Waals surface area (Å²) >= 11 is 0. The van der Waals surface area contributed by atoms with Gasteiger partial charge in [0.25, 0.3) is 0 Å². The van der Waals surface area contributed by atoms with Gasteiger partial charge >= 0.3 is 0 Å². The minimum atomic E-state index is -0.135. The Balaban J connectivity index is 1.54. The van der Waals surface area contributed by atoms with Gasteiger partial charge in [-0.2, -0.15) is 0 Å². The average molecular weight is 399 g/mol. The highest BCUT2D eigenvalue weighted by Crippen LogP contribution is 2.28. The highest BCUT2D eigenvalue weighted by atomic mass is 16.5. The number of hydrogen-bond acceptors (Lipinski definition) is 5. The zero-order chi connectivity index (χ0) is 20.5. The quantitative estimate of drug-likeness (QED) is 0.545. The topological polar surface area (TPSA) is 82.3 Å². The smallest absolute Gasteiger partial charge is 0.242 e. The second-order valence-corrected chi connectivity index (χ2v) is 6.67. The summed E-state index contributed by atoms with van der Waals surface area (Å²) in [5, 5.41) is 6.11. The van der Waals surface area contributed by atoms with Gasteiger partial charge in [0.15, 0.2) is 5.96 Å². The van der Waals surface area contributed by atoms with Gasteiger partial charge in [0.1, 0.15) is 18.1 Å². The zero-order valence-corrected chi connectivity index (χ0v) is 17.1. The maximum Gasteiger partial charge on any atom is 0.242 e. The number of nitrogens with zero attached hydrogens (tertiary/aromatic N) is 3. The molecule has 1 amide bonds. The number of amides is 1. The van der Waals surface area contributed by atoms with Gasteiger partial charge in [-0.25, -0.2) is 4.99 Å². The lowest BCUT2D eigenvalue weighted by atomic mass is 10.2. The number of hydrogen-bond donors (Lipinski definition) is 2. The van der Waals surface area contributed by atoms with Crippen LogP contribution >= 0.6 is 0 Å². The van der Waals surface area contributed by atoms with Gasteiger partial charge < -0.3 is 29.6 Å². The predicted molar refractivity (Wildman–Crippen MR) is 113 cm³/mol. The third kappa shape index (κ3) is 5.66. The molecule has 2 heterocycles. The van der Waals surface area contributed by atoms with E-state index < -0.39 is 0 Å². The monoisotopic (exact) mass is 399 g/mol. The van der Waals surface area contributed by atoms with Gasteiger partial charge in [-0.3, -0.25) is 4.79 Å². The molecule has 0 saturated carbocycles. The van der Waals surface area contributed by atoms with E-state index in [4.69, 9.17) is 9.15 Å². The van der Waals surface area contributed by atoms with Gasteiger partial charge in [0.2, 0.25) is 5.91 Å². The Kier molecular flexibility index (Phi) is 7.38. The molecule has 2 aromatic rings. The lowest BCUT2D eigenvalue weighted by molar-refractivity contribution is -0.119. The molecule has 0 atom stereocenters. The van der Waals surface area contributed by atoms with Crippen molar-refractivity contribution in [1.29, 1.82) is 0 Å². The van der Waals surface area contributed by atoms with Crippen LogP contribution in [0.4, 0.5) is 5.69 Å². The van der Waals surface area contributed by atoms with E-state index in [1.54, 1.807) is 19.4 Å². The van der Waals surface area contributed by atoms with E-state index in [2.05, 4.69) is 31.5 Å². The maximum absolute atomic E-state index is 12.1. The SMILES string of the molecule is CCNC(=NCC(=O)NCc1ccco1)N1CCN(c2ccccc2OC)CC1. The summed E-state index contributed by atoms with van der Waals surface area (Å²) in [5.41, 5.74) is 1.11. The van der Waals surface area contributed by atoms with Crippen molar-refractivity contribution >= 4 is 17.6 Å². The Morgan fingerprint density at radius 2 is 1.93 bits per heavy atom. The second kappa shape index (κ2) is 10.4. The van der Waals surface area contributed by atoms with E-state index in [-0.39, 0.29) is 12.5 Å². The number of rotatable bonds is 7. The van der Waals surface area contributed by atoms with Crippen molar-refractivity contribution < 1.29 is 13.9 Å². The molecule has 1 aromatic carbocycles. The van der Waals surface area contributed by atoms with Gasteiger partial charge in [0.05, 0.1) is 25.6 Å². The highest BCUT2D eigenvalue weighted by Gasteiger charge is 2.21. The predicted octanol–water partition coefficient (Wildman–Crippen LogP) is 1.69. The van der Waals surface area contributed by atoms with E-state index in [0.717, 1.165) is 55.9 Å². The van der Waals surface area contributed by atoms with Crippen LogP contribution in [0.25, 0.3) is 0 Å². The van der Waals surface area contributed by atoms with Crippen molar-refractivity contribution in [2.75, 3.05) is 51.3 Å². The summed E-state index contributed by atoms with van der Waals surface area (Å²) in [6, 6.07) is 11.7. The number of carbonyl (C=O) groups is 1. The first-order valence-corrected chi connectivity index (χ1v) is 9.91. The van der Waals surface area contributed by atoms with Crippen LogP contribution in [-0.2, 0) is 11.3 Å². The van der Waals surface area contributed by atoms with Crippen molar-refractivity contribution in [3.63, 3.8) is 0 Å². The summed E-state index contributed by atoms with van der Waals surface area (Å²) in [7, 11) is 1.70. The standard InChI is InChI=1S/C21H29N5O3/c1-3-22-21(24-16-20(27)23-15-17-7-6-14-29-17)26-12-10-25(11-13-26)18-8-4-5-9-19(18)28-2/h4-9,14H,3,10-13,15-16H2,1-2H3,(H,22,24)(H,23,27). The molecule has 29 heavy (non-hydrogen) atoms. The van der Waals surface area contributed by atoms with Crippen LogP contribution in [0.5, 0.6) is 5.75 Å². The molecule has 156 valence electrons. The molecule has 0 radical (unpaired) electrons. The lowest BCUT2D eigenvalue weighted by Gasteiger charge is -2.38. The average Bonchev–Trinajstić information content (AvgIpc) is 3.29. The minimum absolute atomic E-state index is 0.0791. The first-order valence-electron chi connectivity index (χ1n) is 9.91. The Morgan fingerprint density at radius 3 is 2.62 bits per heavy atom. The van der Waals surface area contributed by atoms with Crippen molar-refractivity contribution in [2.45, 2.75) is 13.5 Å². The van der Waals surface area contributed by atoms with Crippen LogP contribution in [-0.4, -0.2) is 63.1 Å². The van der Waals surface area contributed by atoms with Crippen molar-refractivity contribution in [3.8, 4) is 5.75 Å². The summed E-state index contributed by atoms with van der Waals surface area (Å²) in [6.45, 7) is 6.57. The van der Waals surface area contributed by atoms with Crippen LogP contribution in [0.1, 0.15) is 12.7 Å². The van der Waals surface area contributed by atoms with E-state index in [0.29, 0.717) is 6.54 Å². The molecule has 1 aliphatic heterocycles. The number of furan rings is 1. The van der Waals surface area contributed by atoms with Gasteiger partial charge in [-0.1, -0.05) is 12.1 Å². The molecule has 8 heteroatoms. The van der Waals surface area contributed by atoms with Crippen molar-refractivity contribution in [2.24, 2.45) is 4.99 Å². The summed E-state index contributed by atoms with van der Waals surface area (Å²) in [6.07, 6.45) is 1.59. The lowest BCUT2D eigenvalue weighted by Crippen LogP contribution is -2.52. The Hall–Kier alpha value is -3.16. The first-order chi connectivity index (χ1) is 14.2. The number of benzene rings is 1. The summed E-state index contributed by atoms with van der Waals surface area (Å²) in [5.74, 6) is 2.24. The van der Waals surface area contributed by atoms with Gasteiger partial charge in [-0.05, 0) is 31.2 Å². The molecule has 2 N–H and O–H groups in total. The number of piperazine rings is 1. The molecular formula is C21H29N5O3. The molecule has 1 aromatic heterocycles. The third-order valence-electron chi connectivity index (χ3n) is 4.75. The molecule has 1 fully saturated rings. The van der Waals surface area contributed by atoms with Gasteiger partial charge in [0, 0.05) is 32.7 Å². The van der Waals surface area contributed by atoms with Crippen LogP contribution in [0.3, 0.4) is 0 Å². The molecule has 3 rings (SSSR count). The highest BCUT2D eigenvalue weighted by molar-refractivity contribution is 5.85. The number of guanidine groups is 1. The molecule has 0 spiro atoms. The van der Waals surface area contributed by atoms with Crippen LogP contribution in [0.2, 0.25) is 0 Å².